The first-order chi connectivity index (χ1) is 5.77. The summed E-state index contributed by atoms with van der Waals surface area (Å²) < 4.78 is 0. The van der Waals surface area contributed by atoms with Gasteiger partial charge in [0.2, 0.25) is 0 Å². The molecule has 1 saturated carbocycles. The van der Waals surface area contributed by atoms with E-state index in [9.17, 15) is 0 Å². The summed E-state index contributed by atoms with van der Waals surface area (Å²) in [4.78, 5) is 5.60. The Morgan fingerprint density at radius 1 is 1.75 bits per heavy atom. The number of nitrogens with zero attached hydrogens (tertiary/aromatic N) is 1. The summed E-state index contributed by atoms with van der Waals surface area (Å²) in [6.45, 7) is 5.37. The summed E-state index contributed by atoms with van der Waals surface area (Å²) in [6.07, 6.45) is 1.35. The van der Waals surface area contributed by atoms with E-state index in [1.165, 1.54) is 17.0 Å². The fraction of sp³-hybridized carbons (Fsp3) is 0.667. The zero-order valence-electron chi connectivity index (χ0n) is 7.50. The van der Waals surface area contributed by atoms with Crippen LogP contribution in [0.1, 0.15) is 23.9 Å². The number of rotatable bonds is 3. The third kappa shape index (κ3) is 1.67. The van der Waals surface area contributed by atoms with Crippen LogP contribution in [-0.2, 0) is 6.54 Å². The van der Waals surface area contributed by atoms with Gasteiger partial charge < -0.3 is 5.32 Å². The Kier molecular flexibility index (Phi) is 2.15. The Morgan fingerprint density at radius 2 is 2.50 bits per heavy atom. The van der Waals surface area contributed by atoms with Gasteiger partial charge in [-0.15, -0.1) is 11.3 Å². The molecular weight excluding hydrogens is 168 g/mol. The molecule has 0 aliphatic heterocycles. The number of hydrogen-bond donors (Lipinski definition) is 1. The molecule has 2 nitrogen and oxygen atoms in total. The molecule has 0 radical (unpaired) electrons. The van der Waals surface area contributed by atoms with E-state index in [1.807, 2.05) is 5.51 Å². The first-order valence-corrected chi connectivity index (χ1v) is 5.27. The van der Waals surface area contributed by atoms with Crippen LogP contribution in [0.3, 0.4) is 0 Å². The van der Waals surface area contributed by atoms with Gasteiger partial charge in [-0.2, -0.15) is 0 Å². The minimum atomic E-state index is 0.770. The van der Waals surface area contributed by atoms with Gasteiger partial charge in [-0.1, -0.05) is 6.92 Å². The van der Waals surface area contributed by atoms with Crippen molar-refractivity contribution in [3.8, 4) is 0 Å². The molecular formula is C9H14N2S. The fourth-order valence-corrected chi connectivity index (χ4v) is 2.05. The van der Waals surface area contributed by atoms with E-state index in [2.05, 4.69) is 24.1 Å². The topological polar surface area (TPSA) is 24.9 Å². The van der Waals surface area contributed by atoms with E-state index in [4.69, 9.17) is 0 Å². The molecule has 1 aliphatic carbocycles. The lowest BCUT2D eigenvalue weighted by Gasteiger charge is -2.00. The van der Waals surface area contributed by atoms with Gasteiger partial charge in [0, 0.05) is 17.5 Å². The summed E-state index contributed by atoms with van der Waals surface area (Å²) in [5, 5.41) is 3.52. The number of thiazole rings is 1. The van der Waals surface area contributed by atoms with Gasteiger partial charge in [-0.05, 0) is 19.3 Å². The number of aromatic nitrogens is 1. The minimum absolute atomic E-state index is 0.770. The standard InChI is InChI=1S/C9H14N2S/c1-6-3-8(6)10-4-9-7(2)11-5-12-9/h5-6,8,10H,3-4H2,1-2H3. The maximum Gasteiger partial charge on any atom is 0.0798 e. The van der Waals surface area contributed by atoms with E-state index in [1.54, 1.807) is 11.3 Å². The van der Waals surface area contributed by atoms with Crippen LogP contribution in [0, 0.1) is 12.8 Å². The number of nitrogens with one attached hydrogen (secondary N) is 1. The third-order valence-electron chi connectivity index (χ3n) is 2.48. The minimum Gasteiger partial charge on any atom is -0.309 e. The first-order valence-electron chi connectivity index (χ1n) is 4.39. The quantitative estimate of drug-likeness (QED) is 0.773. The maximum absolute atomic E-state index is 4.21. The van der Waals surface area contributed by atoms with Crippen LogP contribution in [-0.4, -0.2) is 11.0 Å². The third-order valence-corrected chi connectivity index (χ3v) is 3.41. The number of hydrogen-bond acceptors (Lipinski definition) is 3. The lowest BCUT2D eigenvalue weighted by molar-refractivity contribution is 0.655. The van der Waals surface area contributed by atoms with Crippen LogP contribution >= 0.6 is 11.3 Å². The predicted molar refractivity (Wildman–Crippen MR) is 51.3 cm³/mol. The van der Waals surface area contributed by atoms with E-state index in [0.29, 0.717) is 0 Å². The van der Waals surface area contributed by atoms with Crippen LogP contribution < -0.4 is 5.32 Å². The maximum atomic E-state index is 4.21. The van der Waals surface area contributed by atoms with Crippen molar-refractivity contribution in [3.63, 3.8) is 0 Å². The van der Waals surface area contributed by atoms with E-state index < -0.39 is 0 Å². The van der Waals surface area contributed by atoms with Crippen molar-refractivity contribution in [1.82, 2.24) is 10.3 Å². The molecule has 66 valence electrons. The highest BCUT2D eigenvalue weighted by molar-refractivity contribution is 7.09. The van der Waals surface area contributed by atoms with Gasteiger partial charge in [-0.25, -0.2) is 4.98 Å². The molecule has 1 fully saturated rings. The molecule has 2 atom stereocenters. The summed E-state index contributed by atoms with van der Waals surface area (Å²) >= 11 is 1.75. The van der Waals surface area contributed by atoms with Crippen molar-refractivity contribution in [2.45, 2.75) is 32.9 Å². The largest absolute Gasteiger partial charge is 0.309 e. The molecule has 0 spiro atoms. The zero-order valence-corrected chi connectivity index (χ0v) is 8.32. The highest BCUT2D eigenvalue weighted by Crippen LogP contribution is 2.29. The molecule has 1 aromatic rings. The van der Waals surface area contributed by atoms with Crippen molar-refractivity contribution in [1.29, 1.82) is 0 Å². The molecule has 0 saturated heterocycles. The molecule has 2 rings (SSSR count). The van der Waals surface area contributed by atoms with Gasteiger partial charge in [0.15, 0.2) is 0 Å². The summed E-state index contributed by atoms with van der Waals surface area (Å²) in [5.74, 6) is 0.887. The van der Waals surface area contributed by atoms with Crippen LogP contribution in [0.4, 0.5) is 0 Å². The molecule has 2 unspecified atom stereocenters. The average molecular weight is 182 g/mol. The highest BCUT2D eigenvalue weighted by atomic mass is 32.1. The van der Waals surface area contributed by atoms with E-state index in [-0.39, 0.29) is 0 Å². The Hall–Kier alpha value is -0.410. The molecule has 12 heavy (non-hydrogen) atoms. The second-order valence-electron chi connectivity index (χ2n) is 3.56. The van der Waals surface area contributed by atoms with E-state index >= 15 is 0 Å². The average Bonchev–Trinajstić information content (AvgIpc) is 2.57. The van der Waals surface area contributed by atoms with Gasteiger partial charge in [0.05, 0.1) is 11.2 Å². The Bertz CT molecular complexity index is 269. The number of aryl methyl sites for hydroxylation is 1. The monoisotopic (exact) mass is 182 g/mol. The molecule has 0 aromatic carbocycles. The molecule has 1 aliphatic rings. The van der Waals surface area contributed by atoms with Crippen LogP contribution in [0.2, 0.25) is 0 Å². The molecule has 1 N–H and O–H groups in total. The zero-order chi connectivity index (χ0) is 8.55. The van der Waals surface area contributed by atoms with Crippen LogP contribution in [0.25, 0.3) is 0 Å². The second-order valence-corrected chi connectivity index (χ2v) is 4.50. The highest BCUT2D eigenvalue weighted by Gasteiger charge is 2.31. The Morgan fingerprint density at radius 3 is 3.00 bits per heavy atom. The Balaban J connectivity index is 1.84. The normalized spacial score (nSPS) is 27.5. The van der Waals surface area contributed by atoms with Crippen molar-refractivity contribution < 1.29 is 0 Å². The van der Waals surface area contributed by atoms with Crippen LogP contribution in [0.5, 0.6) is 0 Å². The first kappa shape index (κ1) is 8.20. The second kappa shape index (κ2) is 3.15. The Labute approximate surface area is 77.0 Å². The van der Waals surface area contributed by atoms with E-state index in [0.717, 1.165) is 18.5 Å². The molecule has 0 amide bonds. The molecule has 1 heterocycles. The van der Waals surface area contributed by atoms with Gasteiger partial charge >= 0.3 is 0 Å². The smallest absolute Gasteiger partial charge is 0.0798 e. The fourth-order valence-electron chi connectivity index (χ4n) is 1.33. The lowest BCUT2D eigenvalue weighted by atomic mass is 10.4. The van der Waals surface area contributed by atoms with Gasteiger partial charge in [0.1, 0.15) is 0 Å². The van der Waals surface area contributed by atoms with Crippen molar-refractivity contribution >= 4 is 11.3 Å². The summed E-state index contributed by atoms with van der Waals surface area (Å²) in [5.41, 5.74) is 3.10. The van der Waals surface area contributed by atoms with Crippen molar-refractivity contribution in [2.24, 2.45) is 5.92 Å². The van der Waals surface area contributed by atoms with Gasteiger partial charge in [0.25, 0.3) is 0 Å². The van der Waals surface area contributed by atoms with Gasteiger partial charge in [-0.3, -0.25) is 0 Å². The molecule has 0 bridgehead atoms. The van der Waals surface area contributed by atoms with Crippen molar-refractivity contribution in [3.05, 3.63) is 16.1 Å². The molecule has 1 aromatic heterocycles. The van der Waals surface area contributed by atoms with Crippen LogP contribution in [0.15, 0.2) is 5.51 Å². The summed E-state index contributed by atoms with van der Waals surface area (Å²) in [6, 6.07) is 0.770. The molecule has 3 heteroatoms. The predicted octanol–water partition coefficient (Wildman–Crippen LogP) is 1.95. The lowest BCUT2D eigenvalue weighted by Crippen LogP contribution is -2.16. The summed E-state index contributed by atoms with van der Waals surface area (Å²) in [7, 11) is 0. The SMILES string of the molecule is Cc1ncsc1CNC1CC1C. The van der Waals surface area contributed by atoms with Crippen molar-refractivity contribution in [2.75, 3.05) is 0 Å².